The molecule has 3 heterocycles. The van der Waals surface area contributed by atoms with Crippen LogP contribution in [0.2, 0.25) is 0 Å². The van der Waals surface area contributed by atoms with E-state index in [1.807, 2.05) is 30.3 Å². The summed E-state index contributed by atoms with van der Waals surface area (Å²) in [5, 5.41) is 11.1. The summed E-state index contributed by atoms with van der Waals surface area (Å²) < 4.78 is 9.07. The number of aliphatic hydroxyl groups excluding tert-OH is 1. The van der Waals surface area contributed by atoms with Gasteiger partial charge in [-0.3, -0.25) is 13.9 Å². The summed E-state index contributed by atoms with van der Waals surface area (Å²) in [5.41, 5.74) is 1.03. The molecule has 0 amide bonds. The van der Waals surface area contributed by atoms with E-state index in [2.05, 4.69) is 0 Å². The van der Waals surface area contributed by atoms with E-state index < -0.39 is 29.4 Å². The lowest BCUT2D eigenvalue weighted by molar-refractivity contribution is -0.145. The number of aliphatic hydroxyl groups is 1. The number of methoxy groups -OCH3 is 1. The average molecular weight is 383 g/mol. The Labute approximate surface area is 160 Å². The van der Waals surface area contributed by atoms with Gasteiger partial charge in [0, 0.05) is 14.1 Å². The average Bonchev–Trinajstić information content (AvgIpc) is 3.08. The minimum absolute atomic E-state index is 0.306. The third kappa shape index (κ3) is 2.37. The number of aryl methyl sites for hydroxylation is 1. The first-order chi connectivity index (χ1) is 13.4. The number of hydrogen-bond donors (Lipinski definition) is 1. The van der Waals surface area contributed by atoms with E-state index in [0.717, 1.165) is 10.1 Å². The quantitative estimate of drug-likeness (QED) is 0.672. The summed E-state index contributed by atoms with van der Waals surface area (Å²) >= 11 is 0. The molecule has 2 atom stereocenters. The Kier molecular flexibility index (Phi) is 4.23. The van der Waals surface area contributed by atoms with Gasteiger partial charge in [0.15, 0.2) is 0 Å². The molecule has 28 heavy (non-hydrogen) atoms. The van der Waals surface area contributed by atoms with Crippen molar-refractivity contribution in [3.63, 3.8) is 0 Å². The van der Waals surface area contributed by atoms with E-state index in [9.17, 15) is 19.5 Å². The molecular weight excluding hydrogens is 362 g/mol. The van der Waals surface area contributed by atoms with Gasteiger partial charge in [-0.2, -0.15) is 0 Å². The van der Waals surface area contributed by atoms with Crippen LogP contribution in [0.4, 0.5) is 0 Å². The maximum Gasteiger partial charge on any atom is 0.331 e. The summed E-state index contributed by atoms with van der Waals surface area (Å²) in [6.07, 6.45) is -0.203. The number of aromatic nitrogens is 3. The summed E-state index contributed by atoms with van der Waals surface area (Å²) in [5.74, 6) is -0.451. The summed E-state index contributed by atoms with van der Waals surface area (Å²) in [4.78, 5) is 38.2. The van der Waals surface area contributed by atoms with Crippen molar-refractivity contribution in [2.45, 2.75) is 25.0 Å². The number of nitrogens with zero attached hydrogens (tertiary/aromatic N) is 3. The summed E-state index contributed by atoms with van der Waals surface area (Å²) in [6, 6.07) is 8.50. The highest BCUT2D eigenvalue weighted by atomic mass is 16.5. The molecule has 0 saturated heterocycles. The van der Waals surface area contributed by atoms with Crippen molar-refractivity contribution < 1.29 is 14.6 Å². The van der Waals surface area contributed by atoms with Crippen LogP contribution < -0.4 is 11.2 Å². The lowest BCUT2D eigenvalue weighted by Gasteiger charge is -2.29. The smallest absolute Gasteiger partial charge is 0.331 e. The number of esters is 1. The topological polar surface area (TPSA) is 95.5 Å². The molecule has 2 aromatic heterocycles. The molecule has 1 aliphatic rings. The molecule has 4 rings (SSSR count). The SMILES string of the molecule is COC(=O)[C@@H]1CCC(O)c2c3c(c(-c4ccccc4)n21)c(=O)n(C)c(=O)n3C. The lowest BCUT2D eigenvalue weighted by atomic mass is 9.99. The molecule has 8 heteroatoms. The molecule has 1 aromatic carbocycles. The van der Waals surface area contributed by atoms with Gasteiger partial charge in [0.25, 0.3) is 5.56 Å². The number of carbonyl (C=O) groups excluding carboxylic acids is 1. The van der Waals surface area contributed by atoms with Crippen LogP contribution >= 0.6 is 0 Å². The van der Waals surface area contributed by atoms with Crippen molar-refractivity contribution in [2.24, 2.45) is 14.1 Å². The van der Waals surface area contributed by atoms with Gasteiger partial charge in [-0.25, -0.2) is 9.59 Å². The van der Waals surface area contributed by atoms with Gasteiger partial charge in [0.05, 0.1) is 35.5 Å². The highest BCUT2D eigenvalue weighted by Crippen LogP contribution is 2.43. The third-order valence-corrected chi connectivity index (χ3v) is 5.51. The van der Waals surface area contributed by atoms with Crippen LogP contribution in [0.15, 0.2) is 39.9 Å². The van der Waals surface area contributed by atoms with Gasteiger partial charge < -0.3 is 14.4 Å². The minimum Gasteiger partial charge on any atom is -0.467 e. The number of benzene rings is 1. The highest BCUT2D eigenvalue weighted by Gasteiger charge is 2.38. The zero-order chi connectivity index (χ0) is 20.2. The zero-order valence-electron chi connectivity index (χ0n) is 15.9. The molecule has 8 nitrogen and oxygen atoms in total. The first-order valence-corrected chi connectivity index (χ1v) is 9.03. The molecule has 0 radical (unpaired) electrons. The Morgan fingerprint density at radius 3 is 2.43 bits per heavy atom. The van der Waals surface area contributed by atoms with E-state index in [-0.39, 0.29) is 0 Å². The second-order valence-corrected chi connectivity index (χ2v) is 7.03. The molecule has 1 N–H and O–H groups in total. The molecule has 0 spiro atoms. The Morgan fingerprint density at radius 1 is 1.11 bits per heavy atom. The molecule has 0 aliphatic carbocycles. The van der Waals surface area contributed by atoms with Crippen LogP contribution in [0, 0.1) is 0 Å². The van der Waals surface area contributed by atoms with E-state index in [1.165, 1.54) is 18.7 Å². The maximum atomic E-state index is 13.1. The van der Waals surface area contributed by atoms with E-state index >= 15 is 0 Å². The fourth-order valence-corrected chi connectivity index (χ4v) is 4.17. The van der Waals surface area contributed by atoms with Crippen molar-refractivity contribution in [1.29, 1.82) is 0 Å². The fraction of sp³-hybridized carbons (Fsp3) is 0.350. The van der Waals surface area contributed by atoms with Crippen LogP contribution in [0.1, 0.15) is 30.7 Å². The molecular formula is C20H21N3O5. The monoisotopic (exact) mass is 383 g/mol. The highest BCUT2D eigenvalue weighted by molar-refractivity contribution is 5.97. The largest absolute Gasteiger partial charge is 0.467 e. The Morgan fingerprint density at radius 2 is 1.79 bits per heavy atom. The van der Waals surface area contributed by atoms with Crippen molar-refractivity contribution in [3.8, 4) is 11.3 Å². The van der Waals surface area contributed by atoms with Gasteiger partial charge >= 0.3 is 11.7 Å². The molecule has 0 bridgehead atoms. The Balaban J connectivity index is 2.28. The molecule has 1 unspecified atom stereocenters. The number of hydrogen-bond acceptors (Lipinski definition) is 5. The fourth-order valence-electron chi connectivity index (χ4n) is 4.17. The van der Waals surface area contributed by atoms with Crippen molar-refractivity contribution in [3.05, 3.63) is 56.9 Å². The summed E-state index contributed by atoms with van der Waals surface area (Å²) in [7, 11) is 4.30. The third-order valence-electron chi connectivity index (χ3n) is 5.51. The van der Waals surface area contributed by atoms with Crippen LogP contribution in [-0.4, -0.2) is 31.9 Å². The second-order valence-electron chi connectivity index (χ2n) is 7.03. The normalized spacial score (nSPS) is 18.9. The molecule has 3 aromatic rings. The molecule has 0 fully saturated rings. The number of rotatable bonds is 2. The molecule has 1 aliphatic heterocycles. The maximum absolute atomic E-state index is 13.1. The first kappa shape index (κ1) is 18.2. The molecule has 0 saturated carbocycles. The summed E-state index contributed by atoms with van der Waals surface area (Å²) in [6.45, 7) is 0. The number of fused-ring (bicyclic) bond motifs is 3. The van der Waals surface area contributed by atoms with Crippen LogP contribution in [0.25, 0.3) is 22.2 Å². The van der Waals surface area contributed by atoms with Gasteiger partial charge in [-0.1, -0.05) is 30.3 Å². The van der Waals surface area contributed by atoms with E-state index in [4.69, 9.17) is 4.74 Å². The van der Waals surface area contributed by atoms with Gasteiger partial charge in [0.1, 0.15) is 6.04 Å². The first-order valence-electron chi connectivity index (χ1n) is 9.03. The zero-order valence-corrected chi connectivity index (χ0v) is 15.9. The van der Waals surface area contributed by atoms with Gasteiger partial charge in [0.2, 0.25) is 0 Å². The Hall–Kier alpha value is -3.13. The van der Waals surface area contributed by atoms with E-state index in [0.29, 0.717) is 35.1 Å². The van der Waals surface area contributed by atoms with Crippen LogP contribution in [0.3, 0.4) is 0 Å². The number of ether oxygens (including phenoxy) is 1. The predicted molar refractivity (Wildman–Crippen MR) is 103 cm³/mol. The van der Waals surface area contributed by atoms with Gasteiger partial charge in [-0.05, 0) is 18.4 Å². The van der Waals surface area contributed by atoms with Crippen molar-refractivity contribution in [2.75, 3.05) is 7.11 Å². The number of carbonyl (C=O) groups is 1. The van der Waals surface area contributed by atoms with Crippen molar-refractivity contribution in [1.82, 2.24) is 13.7 Å². The van der Waals surface area contributed by atoms with Gasteiger partial charge in [-0.15, -0.1) is 0 Å². The second kappa shape index (κ2) is 6.49. The van der Waals surface area contributed by atoms with Crippen molar-refractivity contribution >= 4 is 16.9 Å². The predicted octanol–water partition coefficient (Wildman–Crippen LogP) is 1.25. The Bertz CT molecular complexity index is 1200. The van der Waals surface area contributed by atoms with Crippen LogP contribution in [0.5, 0.6) is 0 Å². The standard InChI is InChI=1S/C20H21N3O5/c1-21-17-14(18(25)22(2)20(21)27)15(11-7-5-4-6-8-11)23-12(19(26)28-3)9-10-13(24)16(17)23/h4-8,12-13,24H,9-10H2,1-3H3/t12-,13?/m0/s1. The lowest BCUT2D eigenvalue weighted by Crippen LogP contribution is -2.37. The minimum atomic E-state index is -0.904. The van der Waals surface area contributed by atoms with Crippen LogP contribution in [-0.2, 0) is 23.6 Å². The van der Waals surface area contributed by atoms with E-state index in [1.54, 1.807) is 11.6 Å². The molecule has 146 valence electrons.